The molecule has 2 heterocycles. The molecular weight excluding hydrogens is 406 g/mol. The molecule has 32 heavy (non-hydrogen) atoms. The predicted molar refractivity (Wildman–Crippen MR) is 122 cm³/mol. The SMILES string of the molecule is CCCCCN1C(=O)C(=O)/C(=C(\O)c2ccc3c(c2)CCCO3)C1c1cccc(OC)c1. The number of likely N-dealkylation sites (tertiary alicyclic amines) is 1. The molecule has 1 amide bonds. The molecule has 6 nitrogen and oxygen atoms in total. The van der Waals surface area contributed by atoms with Gasteiger partial charge in [-0.15, -0.1) is 0 Å². The number of hydrogen-bond donors (Lipinski definition) is 1. The van der Waals surface area contributed by atoms with Gasteiger partial charge in [-0.1, -0.05) is 31.9 Å². The van der Waals surface area contributed by atoms with Gasteiger partial charge in [0, 0.05) is 12.1 Å². The van der Waals surface area contributed by atoms with Gasteiger partial charge in [0.2, 0.25) is 0 Å². The number of carbonyl (C=O) groups excluding carboxylic acids is 2. The number of aryl methyl sites for hydroxylation is 1. The maximum Gasteiger partial charge on any atom is 0.295 e. The molecule has 1 fully saturated rings. The third-order valence-corrected chi connectivity index (χ3v) is 6.13. The fourth-order valence-corrected chi connectivity index (χ4v) is 4.46. The van der Waals surface area contributed by atoms with Crippen molar-refractivity contribution in [3.05, 3.63) is 64.7 Å². The first-order valence-corrected chi connectivity index (χ1v) is 11.2. The van der Waals surface area contributed by atoms with E-state index in [-0.39, 0.29) is 11.3 Å². The van der Waals surface area contributed by atoms with E-state index in [4.69, 9.17) is 9.47 Å². The molecular formula is C26H29NO5. The number of aliphatic hydroxyl groups excluding tert-OH is 1. The molecule has 0 aliphatic carbocycles. The number of ketones is 1. The summed E-state index contributed by atoms with van der Waals surface area (Å²) in [7, 11) is 1.58. The van der Waals surface area contributed by atoms with Crippen LogP contribution < -0.4 is 9.47 Å². The van der Waals surface area contributed by atoms with Crippen LogP contribution in [0, 0.1) is 0 Å². The van der Waals surface area contributed by atoms with E-state index in [0.717, 1.165) is 49.0 Å². The Bertz CT molecular complexity index is 1060. The van der Waals surface area contributed by atoms with Crippen LogP contribution in [0.4, 0.5) is 0 Å². The van der Waals surface area contributed by atoms with E-state index in [9.17, 15) is 14.7 Å². The molecule has 4 rings (SSSR count). The molecule has 0 aromatic heterocycles. The molecule has 168 valence electrons. The summed E-state index contributed by atoms with van der Waals surface area (Å²) in [5.41, 5.74) is 2.38. The van der Waals surface area contributed by atoms with E-state index < -0.39 is 17.7 Å². The Morgan fingerprint density at radius 2 is 2.03 bits per heavy atom. The number of Topliss-reactive ketones (excluding diaryl/α,β-unsaturated/α-hetero) is 1. The zero-order valence-corrected chi connectivity index (χ0v) is 18.6. The highest BCUT2D eigenvalue weighted by molar-refractivity contribution is 6.46. The number of hydrogen-bond acceptors (Lipinski definition) is 5. The van der Waals surface area contributed by atoms with Crippen molar-refractivity contribution in [3.63, 3.8) is 0 Å². The van der Waals surface area contributed by atoms with E-state index >= 15 is 0 Å². The molecule has 0 saturated carbocycles. The maximum absolute atomic E-state index is 13.1. The van der Waals surface area contributed by atoms with Gasteiger partial charge < -0.3 is 19.5 Å². The lowest BCUT2D eigenvalue weighted by Gasteiger charge is -2.25. The van der Waals surface area contributed by atoms with Crippen molar-refractivity contribution >= 4 is 17.4 Å². The van der Waals surface area contributed by atoms with Crippen LogP contribution in [0.2, 0.25) is 0 Å². The fraction of sp³-hybridized carbons (Fsp3) is 0.385. The zero-order chi connectivity index (χ0) is 22.7. The van der Waals surface area contributed by atoms with Crippen molar-refractivity contribution in [1.29, 1.82) is 0 Å². The van der Waals surface area contributed by atoms with Crippen molar-refractivity contribution in [3.8, 4) is 11.5 Å². The highest BCUT2D eigenvalue weighted by atomic mass is 16.5. The summed E-state index contributed by atoms with van der Waals surface area (Å²) < 4.78 is 11.0. The quantitative estimate of drug-likeness (QED) is 0.297. The minimum Gasteiger partial charge on any atom is -0.507 e. The van der Waals surface area contributed by atoms with Gasteiger partial charge in [-0.2, -0.15) is 0 Å². The second kappa shape index (κ2) is 9.47. The van der Waals surface area contributed by atoms with Gasteiger partial charge in [0.15, 0.2) is 0 Å². The van der Waals surface area contributed by atoms with Crippen molar-refractivity contribution in [2.24, 2.45) is 0 Å². The zero-order valence-electron chi connectivity index (χ0n) is 18.6. The molecule has 1 atom stereocenters. The van der Waals surface area contributed by atoms with Crippen molar-refractivity contribution in [2.45, 2.75) is 45.1 Å². The normalized spacial score (nSPS) is 19.6. The highest BCUT2D eigenvalue weighted by Gasteiger charge is 2.45. The van der Waals surface area contributed by atoms with Crippen LogP contribution in [0.5, 0.6) is 11.5 Å². The average molecular weight is 436 g/mol. The summed E-state index contributed by atoms with van der Waals surface area (Å²) in [5.74, 6) is 0.0600. The minimum atomic E-state index is -0.658. The van der Waals surface area contributed by atoms with Crippen LogP contribution in [0.3, 0.4) is 0 Å². The summed E-state index contributed by atoms with van der Waals surface area (Å²) in [4.78, 5) is 27.7. The molecule has 0 spiro atoms. The van der Waals surface area contributed by atoms with Crippen LogP contribution in [0.25, 0.3) is 5.76 Å². The van der Waals surface area contributed by atoms with Gasteiger partial charge in [-0.25, -0.2) is 0 Å². The Labute approximate surface area is 188 Å². The van der Waals surface area contributed by atoms with Gasteiger partial charge in [-0.05, 0) is 60.7 Å². The number of fused-ring (bicyclic) bond motifs is 1. The van der Waals surface area contributed by atoms with E-state index in [0.29, 0.717) is 24.5 Å². The highest BCUT2D eigenvalue weighted by Crippen LogP contribution is 2.41. The molecule has 0 radical (unpaired) electrons. The van der Waals surface area contributed by atoms with Gasteiger partial charge in [-0.3, -0.25) is 9.59 Å². The van der Waals surface area contributed by atoms with Crippen LogP contribution in [-0.2, 0) is 16.0 Å². The number of ether oxygens (including phenoxy) is 2. The predicted octanol–water partition coefficient (Wildman–Crippen LogP) is 4.63. The summed E-state index contributed by atoms with van der Waals surface area (Å²) in [6, 6.07) is 12.1. The minimum absolute atomic E-state index is 0.122. The summed E-state index contributed by atoms with van der Waals surface area (Å²) in [6.45, 7) is 3.22. The first kappa shape index (κ1) is 21.9. The molecule has 1 unspecified atom stereocenters. The number of rotatable bonds is 7. The topological polar surface area (TPSA) is 76.1 Å². The Balaban J connectivity index is 1.81. The molecule has 6 heteroatoms. The monoisotopic (exact) mass is 435 g/mol. The lowest BCUT2D eigenvalue weighted by atomic mass is 9.94. The molecule has 1 N–H and O–H groups in total. The lowest BCUT2D eigenvalue weighted by Crippen LogP contribution is -2.30. The van der Waals surface area contributed by atoms with Crippen molar-refractivity contribution < 1.29 is 24.2 Å². The van der Waals surface area contributed by atoms with Crippen molar-refractivity contribution in [1.82, 2.24) is 4.90 Å². The van der Waals surface area contributed by atoms with E-state index in [1.807, 2.05) is 36.4 Å². The Morgan fingerprint density at radius 3 is 2.81 bits per heavy atom. The number of aliphatic hydroxyl groups is 1. The number of benzene rings is 2. The first-order chi connectivity index (χ1) is 15.5. The first-order valence-electron chi connectivity index (χ1n) is 11.2. The van der Waals surface area contributed by atoms with Crippen LogP contribution in [-0.4, -0.2) is 42.0 Å². The third kappa shape index (κ3) is 4.09. The standard InChI is InChI=1S/C26H29NO5/c1-3-4-5-13-27-23(18-8-6-10-20(16-18)31-2)22(25(29)26(27)30)24(28)19-11-12-21-17(15-19)9-7-14-32-21/h6,8,10-12,15-16,23,28H,3-5,7,9,13-14H2,1-2H3/b24-22-. The fourth-order valence-electron chi connectivity index (χ4n) is 4.46. The second-order valence-corrected chi connectivity index (χ2v) is 8.25. The Morgan fingerprint density at radius 1 is 1.19 bits per heavy atom. The van der Waals surface area contributed by atoms with Crippen LogP contribution >= 0.6 is 0 Å². The van der Waals surface area contributed by atoms with Crippen LogP contribution in [0.15, 0.2) is 48.0 Å². The van der Waals surface area contributed by atoms with E-state index in [1.54, 1.807) is 18.1 Å². The Hall–Kier alpha value is -3.28. The third-order valence-electron chi connectivity index (χ3n) is 6.13. The van der Waals surface area contributed by atoms with Crippen LogP contribution in [0.1, 0.15) is 55.3 Å². The van der Waals surface area contributed by atoms with Crippen molar-refractivity contribution in [2.75, 3.05) is 20.3 Å². The van der Waals surface area contributed by atoms with Gasteiger partial charge in [0.25, 0.3) is 11.7 Å². The maximum atomic E-state index is 13.1. The summed E-state index contributed by atoms with van der Waals surface area (Å²) in [6.07, 6.45) is 4.51. The summed E-state index contributed by atoms with van der Waals surface area (Å²) >= 11 is 0. The number of carbonyl (C=O) groups is 2. The summed E-state index contributed by atoms with van der Waals surface area (Å²) in [5, 5.41) is 11.3. The van der Waals surface area contributed by atoms with E-state index in [2.05, 4.69) is 6.92 Å². The Kier molecular flexibility index (Phi) is 6.49. The number of nitrogens with zero attached hydrogens (tertiary/aromatic N) is 1. The molecule has 2 aliphatic rings. The molecule has 1 saturated heterocycles. The number of amides is 1. The largest absolute Gasteiger partial charge is 0.507 e. The number of unbranched alkanes of at least 4 members (excludes halogenated alkanes) is 2. The van der Waals surface area contributed by atoms with Gasteiger partial charge in [0.05, 0.1) is 25.3 Å². The van der Waals surface area contributed by atoms with Gasteiger partial charge in [0.1, 0.15) is 17.3 Å². The average Bonchev–Trinajstić information content (AvgIpc) is 3.08. The molecule has 2 aliphatic heterocycles. The molecule has 2 aromatic carbocycles. The smallest absolute Gasteiger partial charge is 0.295 e. The second-order valence-electron chi connectivity index (χ2n) is 8.25. The molecule has 0 bridgehead atoms. The van der Waals surface area contributed by atoms with E-state index in [1.165, 1.54) is 0 Å². The molecule has 2 aromatic rings. The number of methoxy groups -OCH3 is 1. The lowest BCUT2D eigenvalue weighted by molar-refractivity contribution is -0.139. The van der Waals surface area contributed by atoms with Gasteiger partial charge >= 0.3 is 0 Å².